The fraction of sp³-hybridized carbons (Fsp3) is 0.130. The number of hydrogen-bond acceptors (Lipinski definition) is 4. The van der Waals surface area contributed by atoms with Crippen LogP contribution in [0.3, 0.4) is 0 Å². The maximum Gasteiger partial charge on any atom is 0.0566 e. The van der Waals surface area contributed by atoms with Crippen LogP contribution in [0.4, 0.5) is 51.2 Å². The summed E-state index contributed by atoms with van der Waals surface area (Å²) in [6.45, 7) is 9.76. The monoisotopic (exact) mass is 1240 g/mol. The Bertz CT molecular complexity index is 5180. The average molecular weight is 1240 g/mol. The summed E-state index contributed by atoms with van der Waals surface area (Å²) in [7, 11) is 0. The normalized spacial score (nSPS) is 15.8. The number of benzene rings is 12. The van der Waals surface area contributed by atoms with Gasteiger partial charge in [0.2, 0.25) is 0 Å². The van der Waals surface area contributed by atoms with E-state index >= 15 is 0 Å². The maximum absolute atomic E-state index is 2.64. The van der Waals surface area contributed by atoms with Gasteiger partial charge in [0.1, 0.15) is 0 Å². The number of anilines is 9. The first kappa shape index (κ1) is 58.6. The molecule has 5 aliphatic carbocycles. The highest BCUT2D eigenvalue weighted by molar-refractivity contribution is 6.09. The lowest BCUT2D eigenvalue weighted by molar-refractivity contribution is 0.660. The summed E-state index contributed by atoms with van der Waals surface area (Å²) in [6, 6.07) is 102. The predicted molar refractivity (Wildman–Crippen MR) is 406 cm³/mol. The fourth-order valence-electron chi connectivity index (χ4n) is 16.3. The predicted octanol–water partition coefficient (Wildman–Crippen LogP) is 23.2. The van der Waals surface area contributed by atoms with Crippen molar-refractivity contribution in [2.24, 2.45) is 0 Å². The van der Waals surface area contributed by atoms with Crippen molar-refractivity contribution in [3.05, 3.63) is 354 Å². The third-order valence-electron chi connectivity index (χ3n) is 20.9. The summed E-state index contributed by atoms with van der Waals surface area (Å²) in [6.07, 6.45) is 24.1. The standard InChI is InChI=1S/C92H76N4/c1-91(2)85-57-63(45-51-77(85)79-53-47-75(61-87(79)91)95(69-37-21-9-22-38-69)70-39-23-10-24-40-70)89-81-55-49-74(94(67-33-17-7-18-34-67)68-35-19-8-20-36-68)60-84(81)90(82-56-50-73(59-83(82)89)93(65-29-13-5-14-30-65)66-31-15-6-16-32-66)64-46-52-78-80-54-48-76(62-88(80)92(3,4)86(78)58-64)96(71-41-25-11-26-42-71)72-43-27-12-28-44-72/h5-7,9-19,21-27,29-43,45-48,50-62,74H,8,20,28,44,49H2,1-4H3. The molecule has 96 heavy (non-hydrogen) atoms. The smallest absolute Gasteiger partial charge is 0.0566 e. The average Bonchev–Trinajstić information content (AvgIpc) is 0.898. The molecule has 12 aromatic rings. The number of rotatable bonds is 14. The van der Waals surface area contributed by atoms with Crippen LogP contribution in [0.1, 0.15) is 82.1 Å². The fourth-order valence-corrected chi connectivity index (χ4v) is 16.3. The van der Waals surface area contributed by atoms with Gasteiger partial charge >= 0.3 is 0 Å². The van der Waals surface area contributed by atoms with Crippen LogP contribution in [0.2, 0.25) is 0 Å². The number of allylic oxidation sites excluding steroid dienone is 7. The molecule has 0 fully saturated rings. The van der Waals surface area contributed by atoms with Crippen molar-refractivity contribution in [2.75, 3.05) is 19.6 Å². The Morgan fingerprint density at radius 2 is 0.771 bits per heavy atom. The van der Waals surface area contributed by atoms with Gasteiger partial charge in [0.15, 0.2) is 0 Å². The molecule has 17 rings (SSSR count). The molecule has 4 heteroatoms. The Hall–Kier alpha value is -11.2. The van der Waals surface area contributed by atoms with Crippen molar-refractivity contribution in [3.63, 3.8) is 0 Å². The van der Waals surface area contributed by atoms with Crippen LogP contribution < -0.4 is 30.0 Å². The molecule has 0 radical (unpaired) electrons. The van der Waals surface area contributed by atoms with E-state index in [0.29, 0.717) is 0 Å². The number of hydrogen-bond donors (Lipinski definition) is 0. The molecule has 0 spiro atoms. The minimum absolute atomic E-state index is 0.0220. The van der Waals surface area contributed by atoms with Crippen molar-refractivity contribution in [1.29, 1.82) is 0 Å². The van der Waals surface area contributed by atoms with E-state index in [2.05, 4.69) is 369 Å². The molecule has 0 saturated heterocycles. The first-order chi connectivity index (χ1) is 47.2. The second-order valence-corrected chi connectivity index (χ2v) is 27.3. The molecule has 0 aliphatic heterocycles. The van der Waals surface area contributed by atoms with Crippen molar-refractivity contribution in [2.45, 2.75) is 76.7 Å². The van der Waals surface area contributed by atoms with Crippen LogP contribution in [0.25, 0.3) is 67.4 Å². The van der Waals surface area contributed by atoms with Gasteiger partial charge in [-0.05, 0) is 254 Å². The van der Waals surface area contributed by atoms with Crippen LogP contribution in [-0.4, -0.2) is 6.04 Å². The van der Waals surface area contributed by atoms with E-state index in [-0.39, 0.29) is 16.9 Å². The van der Waals surface area contributed by atoms with Gasteiger partial charge in [0.25, 0.3) is 0 Å². The molecule has 1 atom stereocenters. The molecule has 464 valence electrons. The molecule has 0 heterocycles. The minimum atomic E-state index is -0.327. The summed E-state index contributed by atoms with van der Waals surface area (Å²) in [4.78, 5) is 9.89. The molecule has 4 nitrogen and oxygen atoms in total. The largest absolute Gasteiger partial charge is 0.334 e. The van der Waals surface area contributed by atoms with E-state index in [1.54, 1.807) is 0 Å². The molecule has 1 unspecified atom stereocenters. The number of para-hydroxylation sites is 6. The molecule has 12 aromatic carbocycles. The summed E-state index contributed by atoms with van der Waals surface area (Å²) in [5.41, 5.74) is 27.7. The first-order valence-electron chi connectivity index (χ1n) is 34.3. The van der Waals surface area contributed by atoms with Crippen LogP contribution in [0.5, 0.6) is 0 Å². The van der Waals surface area contributed by atoms with Gasteiger partial charge in [0, 0.05) is 73.4 Å². The van der Waals surface area contributed by atoms with E-state index in [0.717, 1.165) is 66.2 Å². The SMILES string of the molecule is CC1(C)c2cc(-c3c4c(c(-c5ccc6c(c5)C(C)(C)c5cc(N(c7ccccc7)c7ccccc7)ccc5-6)c5cc(N(c6ccccc6)c6ccccc6)ccc35)=CCC(N(C3=CCCC=C3)c3ccccc3)C=4)ccc2-c2ccc(N(C3=CC=CCC3)c3ccccc3)cc21. The highest BCUT2D eigenvalue weighted by Gasteiger charge is 2.39. The third-order valence-corrected chi connectivity index (χ3v) is 20.9. The summed E-state index contributed by atoms with van der Waals surface area (Å²) in [5.74, 6) is 0. The van der Waals surface area contributed by atoms with E-state index in [4.69, 9.17) is 0 Å². The Kier molecular flexibility index (Phi) is 14.6. The zero-order valence-corrected chi connectivity index (χ0v) is 55.0. The zero-order chi connectivity index (χ0) is 64.5. The molecule has 0 saturated carbocycles. The molecular weight excluding hydrogens is 1160 g/mol. The summed E-state index contributed by atoms with van der Waals surface area (Å²) < 4.78 is 0. The van der Waals surface area contributed by atoms with Gasteiger partial charge in [0.05, 0.1) is 6.04 Å². The van der Waals surface area contributed by atoms with E-state index in [1.807, 2.05) is 0 Å². The zero-order valence-electron chi connectivity index (χ0n) is 55.0. The Labute approximate surface area is 565 Å². The lowest BCUT2D eigenvalue weighted by Gasteiger charge is -2.35. The summed E-state index contributed by atoms with van der Waals surface area (Å²) >= 11 is 0. The van der Waals surface area contributed by atoms with Crippen LogP contribution >= 0.6 is 0 Å². The van der Waals surface area contributed by atoms with Crippen LogP contribution in [0.15, 0.2) is 321 Å². The molecule has 0 aromatic heterocycles. The second-order valence-electron chi connectivity index (χ2n) is 27.3. The van der Waals surface area contributed by atoms with Crippen LogP contribution in [0, 0.1) is 0 Å². The van der Waals surface area contributed by atoms with Crippen molar-refractivity contribution < 1.29 is 0 Å². The van der Waals surface area contributed by atoms with Gasteiger partial charge in [-0.25, -0.2) is 0 Å². The van der Waals surface area contributed by atoms with Crippen LogP contribution in [-0.2, 0) is 10.8 Å². The lowest BCUT2D eigenvalue weighted by atomic mass is 9.79. The van der Waals surface area contributed by atoms with Gasteiger partial charge in [-0.1, -0.05) is 216 Å². The van der Waals surface area contributed by atoms with Crippen molar-refractivity contribution in [3.8, 4) is 44.5 Å². The highest BCUT2D eigenvalue weighted by atomic mass is 15.2. The third kappa shape index (κ3) is 10.0. The number of nitrogens with zero attached hydrogens (tertiary/aromatic N) is 4. The molecule has 0 N–H and O–H groups in total. The van der Waals surface area contributed by atoms with E-state index in [1.165, 1.54) is 116 Å². The molecule has 5 aliphatic rings. The highest BCUT2D eigenvalue weighted by Crippen LogP contribution is 2.54. The van der Waals surface area contributed by atoms with E-state index in [9.17, 15) is 0 Å². The second kappa shape index (κ2) is 24.0. The molecule has 0 amide bonds. The number of fused-ring (bicyclic) bond motifs is 8. The summed E-state index contributed by atoms with van der Waals surface area (Å²) in [5, 5.41) is 4.98. The maximum atomic E-state index is 2.64. The molecular formula is C92H76N4. The van der Waals surface area contributed by atoms with Gasteiger partial charge in [-0.3, -0.25) is 0 Å². The van der Waals surface area contributed by atoms with Gasteiger partial charge in [-0.15, -0.1) is 0 Å². The van der Waals surface area contributed by atoms with Crippen molar-refractivity contribution in [1.82, 2.24) is 0 Å². The lowest BCUT2D eigenvalue weighted by Crippen LogP contribution is -2.41. The quantitative estimate of drug-likeness (QED) is 0.108. The molecule has 0 bridgehead atoms. The Balaban J connectivity index is 0.894. The minimum Gasteiger partial charge on any atom is -0.334 e. The van der Waals surface area contributed by atoms with E-state index < -0.39 is 0 Å². The Morgan fingerprint density at radius 3 is 1.24 bits per heavy atom. The Morgan fingerprint density at radius 1 is 0.344 bits per heavy atom. The van der Waals surface area contributed by atoms with Crippen molar-refractivity contribution >= 4 is 74.1 Å². The first-order valence-corrected chi connectivity index (χ1v) is 34.3. The van der Waals surface area contributed by atoms with Gasteiger partial charge < -0.3 is 19.6 Å². The topological polar surface area (TPSA) is 13.0 Å². The van der Waals surface area contributed by atoms with Gasteiger partial charge in [-0.2, -0.15) is 0 Å².